The van der Waals surface area contributed by atoms with Crippen molar-refractivity contribution in [2.45, 2.75) is 13.8 Å². The number of aromatic nitrogens is 3. The van der Waals surface area contributed by atoms with E-state index >= 15 is 0 Å². The van der Waals surface area contributed by atoms with Crippen molar-refractivity contribution in [3.05, 3.63) is 35.0 Å². The smallest absolute Gasteiger partial charge is 0.261 e. The minimum Gasteiger partial charge on any atom is -0.479 e. The molecule has 0 aliphatic carbocycles. The predicted molar refractivity (Wildman–Crippen MR) is 107 cm³/mol. The number of hydrogen-bond acceptors (Lipinski definition) is 6. The van der Waals surface area contributed by atoms with Gasteiger partial charge in [0.05, 0.1) is 17.3 Å². The molecule has 1 amide bonds. The number of amides is 1. The number of hydrogen-bond donors (Lipinski definition) is 0. The van der Waals surface area contributed by atoms with Crippen LogP contribution in [0.1, 0.15) is 21.5 Å². The number of benzene rings is 1. The van der Waals surface area contributed by atoms with Crippen molar-refractivity contribution in [1.29, 1.82) is 0 Å². The summed E-state index contributed by atoms with van der Waals surface area (Å²) in [5.74, 6) is 0.345. The maximum absolute atomic E-state index is 12.8. The Kier molecular flexibility index (Phi) is 4.51. The molecule has 1 aliphatic heterocycles. The van der Waals surface area contributed by atoms with Gasteiger partial charge in [-0.05, 0) is 31.0 Å². The van der Waals surface area contributed by atoms with Crippen molar-refractivity contribution in [2.24, 2.45) is 7.05 Å². The Bertz CT molecular complexity index is 1000. The number of nitrogens with zero attached hydrogens (tertiary/aromatic N) is 5. The number of methoxy groups -OCH3 is 1. The largest absolute Gasteiger partial charge is 0.479 e. The first-order chi connectivity index (χ1) is 13.0. The van der Waals surface area contributed by atoms with Crippen LogP contribution in [0.4, 0.5) is 5.13 Å². The van der Waals surface area contributed by atoms with Crippen LogP contribution < -0.4 is 9.64 Å². The van der Waals surface area contributed by atoms with Crippen molar-refractivity contribution in [3.8, 4) is 5.88 Å². The van der Waals surface area contributed by atoms with E-state index in [9.17, 15) is 4.79 Å². The summed E-state index contributed by atoms with van der Waals surface area (Å²) in [4.78, 5) is 21.8. The lowest BCUT2D eigenvalue weighted by Crippen LogP contribution is -2.48. The maximum Gasteiger partial charge on any atom is 0.261 e. The first kappa shape index (κ1) is 17.8. The quantitative estimate of drug-likeness (QED) is 0.694. The third-order valence-electron chi connectivity index (χ3n) is 4.87. The van der Waals surface area contributed by atoms with Gasteiger partial charge in [-0.2, -0.15) is 0 Å². The maximum atomic E-state index is 12.8. The third-order valence-corrected chi connectivity index (χ3v) is 5.94. The van der Waals surface area contributed by atoms with E-state index in [4.69, 9.17) is 9.72 Å². The normalized spacial score (nSPS) is 14.8. The summed E-state index contributed by atoms with van der Waals surface area (Å²) in [5, 5.41) is 5.21. The Morgan fingerprint density at radius 2 is 1.93 bits per heavy atom. The molecule has 0 bridgehead atoms. The zero-order chi connectivity index (χ0) is 19.1. The van der Waals surface area contributed by atoms with Gasteiger partial charge in [-0.3, -0.25) is 9.48 Å². The van der Waals surface area contributed by atoms with Gasteiger partial charge in [-0.25, -0.2) is 4.98 Å². The second-order valence-electron chi connectivity index (χ2n) is 6.93. The van der Waals surface area contributed by atoms with Crippen LogP contribution in [0.3, 0.4) is 0 Å². The third kappa shape index (κ3) is 3.25. The number of carbonyl (C=O) groups excluding carboxylic acids is 1. The van der Waals surface area contributed by atoms with Gasteiger partial charge in [0, 0.05) is 39.4 Å². The molecule has 0 N–H and O–H groups in total. The van der Waals surface area contributed by atoms with E-state index in [2.05, 4.69) is 36.0 Å². The van der Waals surface area contributed by atoms with E-state index < -0.39 is 0 Å². The lowest BCUT2D eigenvalue weighted by Gasteiger charge is -2.34. The van der Waals surface area contributed by atoms with Crippen LogP contribution in [0.25, 0.3) is 10.2 Å². The second-order valence-corrected chi connectivity index (χ2v) is 7.94. The Morgan fingerprint density at radius 3 is 2.63 bits per heavy atom. The highest BCUT2D eigenvalue weighted by Crippen LogP contribution is 2.32. The van der Waals surface area contributed by atoms with Gasteiger partial charge in [0.1, 0.15) is 5.56 Å². The molecule has 3 heterocycles. The van der Waals surface area contributed by atoms with Crippen LogP contribution in [0.2, 0.25) is 0 Å². The summed E-state index contributed by atoms with van der Waals surface area (Å²) < 4.78 is 8.05. The fourth-order valence-corrected chi connectivity index (χ4v) is 4.72. The Hall–Kier alpha value is -2.61. The average molecular weight is 385 g/mol. The zero-order valence-corrected chi connectivity index (χ0v) is 16.8. The number of aryl methyl sites for hydroxylation is 3. The van der Waals surface area contributed by atoms with Crippen molar-refractivity contribution < 1.29 is 9.53 Å². The van der Waals surface area contributed by atoms with Crippen molar-refractivity contribution >= 4 is 32.6 Å². The molecule has 0 unspecified atom stereocenters. The molecule has 1 saturated heterocycles. The summed E-state index contributed by atoms with van der Waals surface area (Å²) in [6.45, 7) is 7.08. The molecule has 1 fully saturated rings. The molecular weight excluding hydrogens is 362 g/mol. The van der Waals surface area contributed by atoms with E-state index in [-0.39, 0.29) is 5.91 Å². The molecule has 1 aliphatic rings. The standard InChI is InChI=1S/C19H23N5O2S/c1-12-9-13(2)16-15(10-12)27-19(20-16)24-7-5-23(6-8-24)18(25)14-11-22(3)21-17(14)26-4/h9-11H,5-8H2,1-4H3. The number of piperazine rings is 1. The molecule has 2 aromatic heterocycles. The first-order valence-electron chi connectivity index (χ1n) is 8.96. The van der Waals surface area contributed by atoms with Crippen LogP contribution in [0.5, 0.6) is 5.88 Å². The minimum absolute atomic E-state index is 0.0321. The Labute approximate surface area is 162 Å². The monoisotopic (exact) mass is 385 g/mol. The molecule has 4 rings (SSSR count). The highest BCUT2D eigenvalue weighted by atomic mass is 32.1. The van der Waals surface area contributed by atoms with Gasteiger partial charge >= 0.3 is 0 Å². The predicted octanol–water partition coefficient (Wildman–Crippen LogP) is 2.62. The summed E-state index contributed by atoms with van der Waals surface area (Å²) in [6.07, 6.45) is 1.71. The van der Waals surface area contributed by atoms with Gasteiger partial charge in [-0.15, -0.1) is 5.10 Å². The summed E-state index contributed by atoms with van der Waals surface area (Å²) in [6, 6.07) is 4.36. The first-order valence-corrected chi connectivity index (χ1v) is 9.77. The highest BCUT2D eigenvalue weighted by molar-refractivity contribution is 7.22. The van der Waals surface area contributed by atoms with Crippen LogP contribution in [-0.2, 0) is 7.05 Å². The Balaban J connectivity index is 1.49. The van der Waals surface area contributed by atoms with Crippen molar-refractivity contribution in [1.82, 2.24) is 19.7 Å². The van der Waals surface area contributed by atoms with Gasteiger partial charge in [-0.1, -0.05) is 17.4 Å². The van der Waals surface area contributed by atoms with Crippen LogP contribution in [0.15, 0.2) is 18.3 Å². The van der Waals surface area contributed by atoms with Crippen molar-refractivity contribution in [2.75, 3.05) is 38.2 Å². The van der Waals surface area contributed by atoms with Gasteiger partial charge in [0.15, 0.2) is 5.13 Å². The van der Waals surface area contributed by atoms with Crippen LogP contribution >= 0.6 is 11.3 Å². The second kappa shape index (κ2) is 6.84. The molecule has 0 atom stereocenters. The molecule has 27 heavy (non-hydrogen) atoms. The number of fused-ring (bicyclic) bond motifs is 1. The summed E-state index contributed by atoms with van der Waals surface area (Å²) in [5.41, 5.74) is 4.07. The number of ether oxygens (including phenoxy) is 1. The Morgan fingerprint density at radius 1 is 1.19 bits per heavy atom. The number of anilines is 1. The van der Waals surface area contributed by atoms with Crippen LogP contribution in [0, 0.1) is 13.8 Å². The van der Waals surface area contributed by atoms with E-state index in [1.807, 2.05) is 4.90 Å². The summed E-state index contributed by atoms with van der Waals surface area (Å²) >= 11 is 1.73. The van der Waals surface area contributed by atoms with Crippen LogP contribution in [-0.4, -0.2) is 58.9 Å². The zero-order valence-electron chi connectivity index (χ0n) is 16.0. The molecule has 8 heteroatoms. The average Bonchev–Trinajstić information content (AvgIpc) is 3.24. The van der Waals surface area contributed by atoms with E-state index in [1.165, 1.54) is 22.9 Å². The van der Waals surface area contributed by atoms with Gasteiger partial charge in [0.2, 0.25) is 5.88 Å². The molecule has 142 valence electrons. The van der Waals surface area contributed by atoms with Gasteiger partial charge < -0.3 is 14.5 Å². The molecule has 0 radical (unpaired) electrons. The lowest BCUT2D eigenvalue weighted by molar-refractivity contribution is 0.0743. The molecule has 7 nitrogen and oxygen atoms in total. The van der Waals surface area contributed by atoms with E-state index in [1.54, 1.807) is 29.3 Å². The molecule has 3 aromatic rings. The highest BCUT2D eigenvalue weighted by Gasteiger charge is 2.27. The fraction of sp³-hybridized carbons (Fsp3) is 0.421. The van der Waals surface area contributed by atoms with E-state index in [0.717, 1.165) is 23.7 Å². The molecular formula is C19H23N5O2S. The minimum atomic E-state index is -0.0321. The van der Waals surface area contributed by atoms with E-state index in [0.29, 0.717) is 24.5 Å². The lowest BCUT2D eigenvalue weighted by atomic mass is 10.1. The number of thiazole rings is 1. The molecule has 1 aromatic carbocycles. The van der Waals surface area contributed by atoms with Gasteiger partial charge in [0.25, 0.3) is 5.91 Å². The number of carbonyl (C=O) groups is 1. The fourth-order valence-electron chi connectivity index (χ4n) is 3.53. The molecule has 0 spiro atoms. The number of rotatable bonds is 3. The SMILES string of the molecule is COc1nn(C)cc1C(=O)N1CCN(c2nc3c(C)cc(C)cc3s2)CC1. The topological polar surface area (TPSA) is 63.5 Å². The summed E-state index contributed by atoms with van der Waals surface area (Å²) in [7, 11) is 3.32. The van der Waals surface area contributed by atoms with Crippen molar-refractivity contribution in [3.63, 3.8) is 0 Å². The molecule has 0 saturated carbocycles.